The zero-order valence-corrected chi connectivity index (χ0v) is 8.83. The highest BCUT2D eigenvalue weighted by molar-refractivity contribution is 5.86. The summed E-state index contributed by atoms with van der Waals surface area (Å²) in [6, 6.07) is 12.3. The van der Waals surface area contributed by atoms with Crippen molar-refractivity contribution >= 4 is 16.3 Å². The second-order valence-electron chi connectivity index (χ2n) is 3.83. The lowest BCUT2D eigenvalue weighted by Gasteiger charge is -2.04. The summed E-state index contributed by atoms with van der Waals surface area (Å²) in [6.07, 6.45) is 0. The molecule has 0 atom stereocenters. The summed E-state index contributed by atoms with van der Waals surface area (Å²) in [7, 11) is 0. The topological polar surface area (TPSA) is 20.2 Å². The fourth-order valence-corrected chi connectivity index (χ4v) is 1.66. The van der Waals surface area contributed by atoms with Gasteiger partial charge in [0.15, 0.2) is 0 Å². The van der Waals surface area contributed by atoms with Crippen molar-refractivity contribution in [1.29, 1.82) is 0 Å². The second kappa shape index (κ2) is 3.87. The van der Waals surface area contributed by atoms with Crippen molar-refractivity contribution in [2.75, 3.05) is 0 Å². The van der Waals surface area contributed by atoms with Gasteiger partial charge in [0, 0.05) is 0 Å². The van der Waals surface area contributed by atoms with E-state index >= 15 is 0 Å². The molecule has 0 radical (unpaired) electrons. The Labute approximate surface area is 89.7 Å². The molecule has 0 unspecified atom stereocenters. The number of aliphatic hydroxyl groups is 1. The molecule has 1 heteroatoms. The first-order chi connectivity index (χ1) is 7.20. The molecule has 1 N–H and O–H groups in total. The van der Waals surface area contributed by atoms with Crippen LogP contribution in [0.4, 0.5) is 0 Å². The lowest BCUT2D eigenvalue weighted by atomic mass is 10.0. The van der Waals surface area contributed by atoms with Crippen LogP contribution in [0.15, 0.2) is 43.0 Å². The number of hydrogen-bond donors (Lipinski definition) is 1. The SMILES string of the molecule is C=C(C)c1ccc2ccc(CO)cc2c1. The molecule has 0 saturated heterocycles. The Balaban J connectivity index is 2.62. The molecule has 0 saturated carbocycles. The summed E-state index contributed by atoms with van der Waals surface area (Å²) in [5.74, 6) is 0. The highest BCUT2D eigenvalue weighted by Crippen LogP contribution is 2.21. The first-order valence-corrected chi connectivity index (χ1v) is 5.00. The van der Waals surface area contributed by atoms with Crippen molar-refractivity contribution < 1.29 is 5.11 Å². The molecule has 0 heterocycles. The quantitative estimate of drug-likeness (QED) is 0.784. The highest BCUT2D eigenvalue weighted by atomic mass is 16.3. The molecule has 0 amide bonds. The van der Waals surface area contributed by atoms with Gasteiger partial charge in [0.1, 0.15) is 0 Å². The van der Waals surface area contributed by atoms with E-state index in [0.29, 0.717) is 0 Å². The third-order valence-corrected chi connectivity index (χ3v) is 2.58. The van der Waals surface area contributed by atoms with Gasteiger partial charge in [0.05, 0.1) is 6.61 Å². The Morgan fingerprint density at radius 3 is 2.53 bits per heavy atom. The zero-order valence-electron chi connectivity index (χ0n) is 8.83. The number of aliphatic hydroxyl groups excluding tert-OH is 1. The van der Waals surface area contributed by atoms with Gasteiger partial charge in [-0.2, -0.15) is 0 Å². The van der Waals surface area contributed by atoms with E-state index in [0.717, 1.165) is 22.1 Å². The maximum atomic E-state index is 9.06. The van der Waals surface area contributed by atoms with Crippen LogP contribution in [0.1, 0.15) is 18.1 Å². The maximum absolute atomic E-state index is 9.06. The van der Waals surface area contributed by atoms with E-state index in [1.807, 2.05) is 25.1 Å². The number of fused-ring (bicyclic) bond motifs is 1. The Morgan fingerprint density at radius 2 is 1.87 bits per heavy atom. The Bertz CT molecular complexity index is 512. The molecule has 0 aliphatic rings. The van der Waals surface area contributed by atoms with Crippen LogP contribution >= 0.6 is 0 Å². The summed E-state index contributed by atoms with van der Waals surface area (Å²) in [5.41, 5.74) is 3.16. The molecule has 2 rings (SSSR count). The van der Waals surface area contributed by atoms with E-state index in [1.54, 1.807) is 0 Å². The van der Waals surface area contributed by atoms with E-state index in [-0.39, 0.29) is 6.61 Å². The average molecular weight is 198 g/mol. The van der Waals surface area contributed by atoms with Crippen LogP contribution < -0.4 is 0 Å². The predicted octanol–water partition coefficient (Wildman–Crippen LogP) is 3.37. The third-order valence-electron chi connectivity index (χ3n) is 2.58. The van der Waals surface area contributed by atoms with Crippen molar-refractivity contribution in [2.24, 2.45) is 0 Å². The summed E-state index contributed by atoms with van der Waals surface area (Å²) < 4.78 is 0. The van der Waals surface area contributed by atoms with Crippen molar-refractivity contribution in [3.63, 3.8) is 0 Å². The molecule has 1 nitrogen and oxygen atoms in total. The maximum Gasteiger partial charge on any atom is 0.0682 e. The molecule has 0 bridgehead atoms. The van der Waals surface area contributed by atoms with Gasteiger partial charge < -0.3 is 5.11 Å². The molecule has 0 aliphatic heterocycles. The van der Waals surface area contributed by atoms with Crippen molar-refractivity contribution in [2.45, 2.75) is 13.5 Å². The molecule has 0 fully saturated rings. The van der Waals surface area contributed by atoms with Crippen molar-refractivity contribution in [3.8, 4) is 0 Å². The Hall–Kier alpha value is -1.60. The van der Waals surface area contributed by atoms with Crippen molar-refractivity contribution in [3.05, 3.63) is 54.1 Å². The van der Waals surface area contributed by atoms with Gasteiger partial charge in [-0.1, -0.05) is 36.4 Å². The second-order valence-corrected chi connectivity index (χ2v) is 3.83. The van der Waals surface area contributed by atoms with Crippen LogP contribution in [0.3, 0.4) is 0 Å². The van der Waals surface area contributed by atoms with Crippen molar-refractivity contribution in [1.82, 2.24) is 0 Å². The number of hydrogen-bond acceptors (Lipinski definition) is 1. The summed E-state index contributed by atoms with van der Waals surface area (Å²) >= 11 is 0. The van der Waals surface area contributed by atoms with Gasteiger partial charge in [-0.15, -0.1) is 0 Å². The minimum atomic E-state index is 0.0905. The largest absolute Gasteiger partial charge is 0.392 e. The van der Waals surface area contributed by atoms with Crippen LogP contribution in [0.5, 0.6) is 0 Å². The average Bonchev–Trinajstić information content (AvgIpc) is 2.27. The minimum absolute atomic E-state index is 0.0905. The number of rotatable bonds is 2. The van der Waals surface area contributed by atoms with Gasteiger partial charge in [-0.25, -0.2) is 0 Å². The fraction of sp³-hybridized carbons (Fsp3) is 0.143. The van der Waals surface area contributed by atoms with Gasteiger partial charge in [0.25, 0.3) is 0 Å². The molecule has 76 valence electrons. The molecule has 2 aromatic rings. The van der Waals surface area contributed by atoms with Gasteiger partial charge >= 0.3 is 0 Å². The third kappa shape index (κ3) is 1.92. The fourth-order valence-electron chi connectivity index (χ4n) is 1.66. The zero-order chi connectivity index (χ0) is 10.8. The van der Waals surface area contributed by atoms with E-state index in [1.165, 1.54) is 5.39 Å². The molecule has 15 heavy (non-hydrogen) atoms. The molecule has 0 spiro atoms. The van der Waals surface area contributed by atoms with Crippen LogP contribution in [-0.4, -0.2) is 5.11 Å². The van der Waals surface area contributed by atoms with E-state index < -0.39 is 0 Å². The molecule has 2 aromatic carbocycles. The molecule has 0 aliphatic carbocycles. The van der Waals surface area contributed by atoms with Crippen LogP contribution in [0.2, 0.25) is 0 Å². The summed E-state index contributed by atoms with van der Waals surface area (Å²) in [4.78, 5) is 0. The minimum Gasteiger partial charge on any atom is -0.392 e. The first kappa shape index (κ1) is 9.94. The molecule has 0 aromatic heterocycles. The lowest BCUT2D eigenvalue weighted by molar-refractivity contribution is 0.282. The number of benzene rings is 2. The highest BCUT2D eigenvalue weighted by Gasteiger charge is 1.98. The summed E-state index contributed by atoms with van der Waals surface area (Å²) in [6.45, 7) is 6.01. The Kier molecular flexibility index (Phi) is 2.57. The standard InChI is InChI=1S/C14H14O/c1-10(2)13-6-5-12-4-3-11(9-15)7-14(12)8-13/h3-8,15H,1,9H2,2H3. The van der Waals surface area contributed by atoms with E-state index in [4.69, 9.17) is 5.11 Å². The first-order valence-electron chi connectivity index (χ1n) is 5.00. The normalized spacial score (nSPS) is 10.5. The van der Waals surface area contributed by atoms with Crippen LogP contribution in [0, 0.1) is 0 Å². The smallest absolute Gasteiger partial charge is 0.0682 e. The van der Waals surface area contributed by atoms with E-state index in [9.17, 15) is 0 Å². The Morgan fingerprint density at radius 1 is 1.13 bits per heavy atom. The summed E-state index contributed by atoms with van der Waals surface area (Å²) in [5, 5.41) is 11.4. The van der Waals surface area contributed by atoms with Gasteiger partial charge in [-0.3, -0.25) is 0 Å². The van der Waals surface area contributed by atoms with Crippen LogP contribution in [-0.2, 0) is 6.61 Å². The van der Waals surface area contributed by atoms with Gasteiger partial charge in [-0.05, 0) is 41.0 Å². The monoisotopic (exact) mass is 198 g/mol. The lowest BCUT2D eigenvalue weighted by Crippen LogP contribution is -1.84. The number of allylic oxidation sites excluding steroid dienone is 1. The van der Waals surface area contributed by atoms with Gasteiger partial charge in [0.2, 0.25) is 0 Å². The van der Waals surface area contributed by atoms with Crippen LogP contribution in [0.25, 0.3) is 16.3 Å². The molecular formula is C14H14O. The van der Waals surface area contributed by atoms with E-state index in [2.05, 4.69) is 24.8 Å². The predicted molar refractivity (Wildman–Crippen MR) is 64.6 cm³/mol. The molecular weight excluding hydrogens is 184 g/mol.